The normalized spacial score (nSPS) is 21.8. The number of ether oxygens (including phenoxy) is 1. The maximum atomic E-state index is 6.30. The molecule has 0 bridgehead atoms. The van der Waals surface area contributed by atoms with Crippen LogP contribution in [0.25, 0.3) is 5.70 Å². The summed E-state index contributed by atoms with van der Waals surface area (Å²) in [5.74, 6) is 2.09. The first-order valence-corrected chi connectivity index (χ1v) is 10.2. The highest BCUT2D eigenvalue weighted by Gasteiger charge is 2.38. The zero-order valence-corrected chi connectivity index (χ0v) is 15.8. The molecule has 0 spiro atoms. The number of fused-ring (bicyclic) bond motifs is 3. The number of para-hydroxylation sites is 1. The molecule has 0 aromatic heterocycles. The minimum absolute atomic E-state index is 0.0480. The molecule has 2 aromatic rings. The zero-order chi connectivity index (χ0) is 17.4. The molecule has 4 rings (SSSR count). The second-order valence-corrected chi connectivity index (χ2v) is 7.74. The number of hydrazine groups is 1. The van der Waals surface area contributed by atoms with Gasteiger partial charge in [-0.15, -0.1) is 0 Å². The van der Waals surface area contributed by atoms with Gasteiger partial charge in [-0.05, 0) is 43.6 Å². The van der Waals surface area contributed by atoms with Crippen molar-refractivity contribution in [2.45, 2.75) is 32.5 Å². The van der Waals surface area contributed by atoms with E-state index in [1.807, 2.05) is 11.8 Å². The summed E-state index contributed by atoms with van der Waals surface area (Å²) in [5.41, 5.74) is 9.90. The smallest absolute Gasteiger partial charge is 0.170 e. The van der Waals surface area contributed by atoms with E-state index in [2.05, 4.69) is 79.1 Å². The van der Waals surface area contributed by atoms with Crippen LogP contribution >= 0.6 is 11.8 Å². The molecule has 4 heteroatoms. The van der Waals surface area contributed by atoms with Gasteiger partial charge in [0.1, 0.15) is 5.75 Å². The minimum Gasteiger partial charge on any atom is -0.473 e. The summed E-state index contributed by atoms with van der Waals surface area (Å²) < 4.78 is 6.30. The van der Waals surface area contributed by atoms with E-state index < -0.39 is 0 Å². The molecule has 130 valence electrons. The van der Waals surface area contributed by atoms with Crippen molar-refractivity contribution in [1.29, 1.82) is 0 Å². The fraction of sp³-hybridized carbons (Fsp3) is 0.333. The van der Waals surface area contributed by atoms with Crippen LogP contribution in [0.5, 0.6) is 5.75 Å². The summed E-state index contributed by atoms with van der Waals surface area (Å²) in [6.45, 7) is 4.32. The predicted molar refractivity (Wildman–Crippen MR) is 105 cm³/mol. The molecule has 0 fully saturated rings. The van der Waals surface area contributed by atoms with Gasteiger partial charge in [0.05, 0.1) is 11.7 Å². The molecule has 0 radical (unpaired) electrons. The highest BCUT2D eigenvalue weighted by molar-refractivity contribution is 7.98. The van der Waals surface area contributed by atoms with Crippen molar-refractivity contribution in [1.82, 2.24) is 10.4 Å². The van der Waals surface area contributed by atoms with Crippen LogP contribution in [0.3, 0.4) is 0 Å². The maximum Gasteiger partial charge on any atom is 0.170 e. The van der Waals surface area contributed by atoms with Crippen LogP contribution in [-0.2, 0) is 0 Å². The lowest BCUT2D eigenvalue weighted by Crippen LogP contribution is -2.48. The first-order chi connectivity index (χ1) is 12.2. The third kappa shape index (κ3) is 3.05. The predicted octanol–water partition coefficient (Wildman–Crippen LogP) is 4.68. The molecule has 2 aliphatic rings. The van der Waals surface area contributed by atoms with Gasteiger partial charge in [0.15, 0.2) is 6.23 Å². The average Bonchev–Trinajstić information content (AvgIpc) is 3.05. The van der Waals surface area contributed by atoms with E-state index in [4.69, 9.17) is 4.74 Å². The van der Waals surface area contributed by atoms with Crippen molar-refractivity contribution in [3.8, 4) is 5.75 Å². The van der Waals surface area contributed by atoms with E-state index >= 15 is 0 Å². The lowest BCUT2D eigenvalue weighted by Gasteiger charge is -2.38. The Bertz CT molecular complexity index is 817. The van der Waals surface area contributed by atoms with Crippen molar-refractivity contribution in [2.75, 3.05) is 12.0 Å². The number of hydrogen-bond donors (Lipinski definition) is 1. The summed E-state index contributed by atoms with van der Waals surface area (Å²) >= 11 is 1.86. The fourth-order valence-corrected chi connectivity index (χ4v) is 4.13. The monoisotopic (exact) mass is 352 g/mol. The van der Waals surface area contributed by atoms with Crippen LogP contribution in [0.15, 0.2) is 48.5 Å². The Hall–Kier alpha value is -1.91. The number of nitrogens with zero attached hydrogens (tertiary/aromatic N) is 1. The Kier molecular flexibility index (Phi) is 4.48. The van der Waals surface area contributed by atoms with Crippen molar-refractivity contribution in [2.24, 2.45) is 0 Å². The van der Waals surface area contributed by atoms with Crippen molar-refractivity contribution in [3.63, 3.8) is 0 Å². The first kappa shape index (κ1) is 16.6. The molecular formula is C21H24N2OS. The van der Waals surface area contributed by atoms with Crippen LogP contribution in [-0.4, -0.2) is 23.2 Å². The molecule has 0 amide bonds. The number of hydrogen-bond acceptors (Lipinski definition) is 4. The van der Waals surface area contributed by atoms with Crippen LogP contribution in [0.2, 0.25) is 0 Å². The maximum absolute atomic E-state index is 6.30. The molecule has 0 saturated carbocycles. The summed E-state index contributed by atoms with van der Waals surface area (Å²) in [4.78, 5) is 0. The molecule has 0 unspecified atom stereocenters. The van der Waals surface area contributed by atoms with Crippen molar-refractivity contribution < 1.29 is 4.74 Å². The first-order valence-electron chi connectivity index (χ1n) is 8.76. The van der Waals surface area contributed by atoms with Gasteiger partial charge in [0.25, 0.3) is 0 Å². The lowest BCUT2D eigenvalue weighted by atomic mass is 9.99. The third-order valence-corrected chi connectivity index (χ3v) is 5.57. The zero-order valence-electron chi connectivity index (χ0n) is 15.0. The molecule has 2 atom stereocenters. The van der Waals surface area contributed by atoms with E-state index in [9.17, 15) is 0 Å². The van der Waals surface area contributed by atoms with Crippen LogP contribution in [0, 0.1) is 13.8 Å². The van der Waals surface area contributed by atoms with Crippen molar-refractivity contribution in [3.05, 3.63) is 70.8 Å². The van der Waals surface area contributed by atoms with Gasteiger partial charge in [-0.3, -0.25) is 0 Å². The van der Waals surface area contributed by atoms with Crippen LogP contribution in [0.1, 0.15) is 34.7 Å². The Balaban J connectivity index is 1.71. The second kappa shape index (κ2) is 6.77. The van der Waals surface area contributed by atoms with E-state index in [1.54, 1.807) is 0 Å². The van der Waals surface area contributed by atoms with Crippen LogP contribution in [0.4, 0.5) is 0 Å². The second-order valence-electron chi connectivity index (χ2n) is 6.75. The summed E-state index contributed by atoms with van der Waals surface area (Å²) in [5, 5.41) is 2.27. The van der Waals surface area contributed by atoms with Gasteiger partial charge in [-0.2, -0.15) is 16.8 Å². The molecule has 0 saturated heterocycles. The van der Waals surface area contributed by atoms with Crippen LogP contribution < -0.4 is 10.2 Å². The van der Waals surface area contributed by atoms with E-state index in [1.165, 1.54) is 28.0 Å². The van der Waals surface area contributed by atoms with E-state index in [0.717, 1.165) is 17.9 Å². The Labute approximate surface area is 154 Å². The molecule has 2 heterocycles. The number of aryl methyl sites for hydroxylation is 2. The van der Waals surface area contributed by atoms with Gasteiger partial charge in [0.2, 0.25) is 0 Å². The van der Waals surface area contributed by atoms with Gasteiger partial charge >= 0.3 is 0 Å². The topological polar surface area (TPSA) is 24.5 Å². The Morgan fingerprint density at radius 2 is 2.00 bits per heavy atom. The fourth-order valence-electron chi connectivity index (χ4n) is 3.69. The summed E-state index contributed by atoms with van der Waals surface area (Å²) in [7, 11) is 0. The third-order valence-electron chi connectivity index (χ3n) is 4.93. The van der Waals surface area contributed by atoms with E-state index in [-0.39, 0.29) is 12.3 Å². The van der Waals surface area contributed by atoms with Gasteiger partial charge < -0.3 is 10.2 Å². The molecule has 3 nitrogen and oxygen atoms in total. The quantitative estimate of drug-likeness (QED) is 0.864. The Morgan fingerprint density at radius 3 is 2.80 bits per heavy atom. The van der Waals surface area contributed by atoms with E-state index in [0.29, 0.717) is 0 Å². The number of rotatable bonds is 4. The molecule has 2 aromatic carbocycles. The van der Waals surface area contributed by atoms with Gasteiger partial charge in [0, 0.05) is 17.5 Å². The molecule has 0 aliphatic carbocycles. The molecule has 1 N–H and O–H groups in total. The van der Waals surface area contributed by atoms with Gasteiger partial charge in [-0.1, -0.05) is 42.0 Å². The molecule has 2 aliphatic heterocycles. The highest BCUT2D eigenvalue weighted by atomic mass is 32.2. The average molecular weight is 353 g/mol. The number of thioether (sulfide) groups is 1. The van der Waals surface area contributed by atoms with Gasteiger partial charge in [-0.25, -0.2) is 0 Å². The largest absolute Gasteiger partial charge is 0.473 e. The summed E-state index contributed by atoms with van der Waals surface area (Å²) in [6, 6.07) is 15.2. The summed E-state index contributed by atoms with van der Waals surface area (Å²) in [6.07, 6.45) is 5.52. The lowest BCUT2D eigenvalue weighted by molar-refractivity contribution is -0.0313. The SMILES string of the molecule is CSCC[C@@H]1Oc2ccccc2[C@H]2C=C(c3ccc(C)cc3C)NN12. The minimum atomic E-state index is 0.0480. The highest BCUT2D eigenvalue weighted by Crippen LogP contribution is 2.42. The molecule has 25 heavy (non-hydrogen) atoms. The molecular weight excluding hydrogens is 328 g/mol. The Morgan fingerprint density at radius 1 is 1.16 bits per heavy atom. The number of benzene rings is 2. The standard InChI is InChI=1S/C21H24N2OS/c1-14-8-9-16(15(2)12-14)18-13-19-17-6-4-5-7-20(17)24-21(10-11-25-3)23(19)22-18/h4-9,12-13,19,21-22H,10-11H2,1-3H3/t19-,21+/m1/s1. The van der Waals surface area contributed by atoms with Crippen molar-refractivity contribution >= 4 is 17.5 Å². The number of nitrogens with one attached hydrogen (secondary N) is 1.